The lowest BCUT2D eigenvalue weighted by atomic mass is 9.84. The van der Waals surface area contributed by atoms with Crippen molar-refractivity contribution in [1.29, 1.82) is 0 Å². The molecule has 8 heteroatoms. The van der Waals surface area contributed by atoms with Crippen molar-refractivity contribution in [3.05, 3.63) is 46.7 Å². The summed E-state index contributed by atoms with van der Waals surface area (Å²) < 4.78 is 5.48. The number of nitrogens with one attached hydrogen (secondary N) is 1. The van der Waals surface area contributed by atoms with Crippen molar-refractivity contribution in [2.45, 2.75) is 52.5 Å². The van der Waals surface area contributed by atoms with E-state index >= 15 is 0 Å². The topological polar surface area (TPSA) is 82.2 Å². The highest BCUT2D eigenvalue weighted by atomic mass is 16.5. The lowest BCUT2D eigenvalue weighted by Gasteiger charge is -2.38. The first kappa shape index (κ1) is 25.2. The summed E-state index contributed by atoms with van der Waals surface area (Å²) in [5.74, 6) is 0.0905. The number of likely N-dealkylation sites (N-methyl/N-ethyl adjacent to an activating group) is 1. The van der Waals surface area contributed by atoms with Gasteiger partial charge in [-0.05, 0) is 45.6 Å². The molecule has 0 bridgehead atoms. The molecule has 2 fully saturated rings. The highest BCUT2D eigenvalue weighted by Gasteiger charge is 2.38. The standard InChI is InChI=1S/C27H38N4O4/c1-4-31-22(18-29-13-8-14-30(16-15-29)25(32)20-10-7-11-20)23(26(33)35-5-2)24(28-27(31)34)21-12-6-9-19(3)17-21/h6,9,12,17,20,24H,4-5,7-8,10-11,13-16,18H2,1-3H3,(H,28,34)/t24-/m1/s1. The summed E-state index contributed by atoms with van der Waals surface area (Å²) in [6, 6.07) is 7.09. The normalized spacial score (nSPS) is 21.9. The summed E-state index contributed by atoms with van der Waals surface area (Å²) in [6.07, 6.45) is 4.05. The van der Waals surface area contributed by atoms with Gasteiger partial charge >= 0.3 is 12.0 Å². The fraction of sp³-hybridized carbons (Fsp3) is 0.593. The van der Waals surface area contributed by atoms with Crippen LogP contribution in [0.4, 0.5) is 4.79 Å². The molecule has 190 valence electrons. The van der Waals surface area contributed by atoms with Crippen molar-refractivity contribution in [3.8, 4) is 0 Å². The molecule has 35 heavy (non-hydrogen) atoms. The van der Waals surface area contributed by atoms with E-state index < -0.39 is 12.0 Å². The van der Waals surface area contributed by atoms with E-state index in [0.29, 0.717) is 37.4 Å². The Labute approximate surface area is 208 Å². The summed E-state index contributed by atoms with van der Waals surface area (Å²) in [7, 11) is 0. The molecule has 3 amide bonds. The molecule has 1 aliphatic carbocycles. The van der Waals surface area contributed by atoms with Crippen molar-refractivity contribution in [2.24, 2.45) is 5.92 Å². The molecule has 0 spiro atoms. The van der Waals surface area contributed by atoms with E-state index in [1.165, 1.54) is 0 Å². The maximum atomic E-state index is 13.3. The second kappa shape index (κ2) is 11.2. The van der Waals surface area contributed by atoms with Gasteiger partial charge in [0.2, 0.25) is 5.91 Å². The van der Waals surface area contributed by atoms with Crippen LogP contribution in [-0.4, -0.2) is 78.5 Å². The first-order valence-corrected chi connectivity index (χ1v) is 13.0. The Morgan fingerprint density at radius 2 is 1.89 bits per heavy atom. The molecule has 0 aromatic heterocycles. The van der Waals surface area contributed by atoms with Gasteiger partial charge in [-0.15, -0.1) is 0 Å². The molecule has 8 nitrogen and oxygen atoms in total. The molecule has 1 aromatic carbocycles. The molecule has 1 saturated carbocycles. The van der Waals surface area contributed by atoms with Gasteiger partial charge in [-0.3, -0.25) is 14.6 Å². The average molecular weight is 483 g/mol. The van der Waals surface area contributed by atoms with Gasteiger partial charge in [-0.2, -0.15) is 0 Å². The zero-order valence-corrected chi connectivity index (χ0v) is 21.2. The number of esters is 1. The van der Waals surface area contributed by atoms with Crippen LogP contribution in [0, 0.1) is 12.8 Å². The van der Waals surface area contributed by atoms with E-state index in [0.717, 1.165) is 49.9 Å². The van der Waals surface area contributed by atoms with Crippen LogP contribution in [0.5, 0.6) is 0 Å². The second-order valence-corrected chi connectivity index (χ2v) is 9.70. The smallest absolute Gasteiger partial charge is 0.338 e. The molecule has 4 rings (SSSR count). The number of urea groups is 1. The number of carbonyl (C=O) groups is 3. The summed E-state index contributed by atoms with van der Waals surface area (Å²) in [5.41, 5.74) is 3.11. The minimum atomic E-state index is -0.567. The summed E-state index contributed by atoms with van der Waals surface area (Å²) in [5, 5.41) is 3.03. The number of hydrogen-bond acceptors (Lipinski definition) is 5. The number of aryl methyl sites for hydroxylation is 1. The SMILES string of the molecule is CCOC(=O)C1=C(CN2CCCN(C(=O)C3CCC3)CC2)N(CC)C(=O)N[C@@H]1c1cccc(C)c1. The fourth-order valence-corrected chi connectivity index (χ4v) is 5.23. The Hall–Kier alpha value is -2.87. The molecule has 2 heterocycles. The number of nitrogens with zero attached hydrogens (tertiary/aromatic N) is 3. The predicted molar refractivity (Wildman–Crippen MR) is 133 cm³/mol. The van der Waals surface area contributed by atoms with Crippen molar-refractivity contribution < 1.29 is 19.1 Å². The maximum absolute atomic E-state index is 13.3. The quantitative estimate of drug-likeness (QED) is 0.604. The van der Waals surface area contributed by atoms with Crippen LogP contribution in [0.2, 0.25) is 0 Å². The largest absolute Gasteiger partial charge is 0.463 e. The number of benzene rings is 1. The van der Waals surface area contributed by atoms with Crippen molar-refractivity contribution in [3.63, 3.8) is 0 Å². The molecule has 1 N–H and O–H groups in total. The highest BCUT2D eigenvalue weighted by Crippen LogP contribution is 2.33. The van der Waals surface area contributed by atoms with E-state index in [-0.39, 0.29) is 24.5 Å². The Bertz CT molecular complexity index is 987. The van der Waals surface area contributed by atoms with Crippen LogP contribution >= 0.6 is 0 Å². The molecule has 0 unspecified atom stereocenters. The monoisotopic (exact) mass is 482 g/mol. The minimum absolute atomic E-state index is 0.201. The Morgan fingerprint density at radius 1 is 1.09 bits per heavy atom. The number of hydrogen-bond donors (Lipinski definition) is 1. The van der Waals surface area contributed by atoms with Crippen molar-refractivity contribution >= 4 is 17.9 Å². The van der Waals surface area contributed by atoms with Crippen LogP contribution in [-0.2, 0) is 14.3 Å². The molecular formula is C27H38N4O4. The van der Waals surface area contributed by atoms with Crippen molar-refractivity contribution in [2.75, 3.05) is 45.9 Å². The van der Waals surface area contributed by atoms with E-state index in [4.69, 9.17) is 4.74 Å². The van der Waals surface area contributed by atoms with Gasteiger partial charge in [0.15, 0.2) is 0 Å². The van der Waals surface area contributed by atoms with Crippen LogP contribution < -0.4 is 5.32 Å². The average Bonchev–Trinajstić information content (AvgIpc) is 3.03. The van der Waals surface area contributed by atoms with Gasteiger partial charge in [0.1, 0.15) is 0 Å². The van der Waals surface area contributed by atoms with E-state index in [1.807, 2.05) is 43.0 Å². The van der Waals surface area contributed by atoms with Crippen LogP contribution in [0.15, 0.2) is 35.5 Å². The third-order valence-electron chi connectivity index (χ3n) is 7.35. The molecule has 1 aromatic rings. The number of carbonyl (C=O) groups excluding carboxylic acids is 3. The predicted octanol–water partition coefficient (Wildman–Crippen LogP) is 3.23. The van der Waals surface area contributed by atoms with Gasteiger partial charge in [0, 0.05) is 50.9 Å². The molecule has 3 aliphatic rings. The fourth-order valence-electron chi connectivity index (χ4n) is 5.23. The van der Waals surface area contributed by atoms with E-state index in [2.05, 4.69) is 10.2 Å². The lowest BCUT2D eigenvalue weighted by Crippen LogP contribution is -2.51. The van der Waals surface area contributed by atoms with E-state index in [1.54, 1.807) is 11.8 Å². The van der Waals surface area contributed by atoms with Gasteiger partial charge in [0.25, 0.3) is 0 Å². The Balaban J connectivity index is 1.63. The zero-order valence-electron chi connectivity index (χ0n) is 21.2. The summed E-state index contributed by atoms with van der Waals surface area (Å²) in [6.45, 7) is 9.84. The summed E-state index contributed by atoms with van der Waals surface area (Å²) >= 11 is 0. The molecule has 0 radical (unpaired) electrons. The lowest BCUT2D eigenvalue weighted by molar-refractivity contribution is -0.139. The van der Waals surface area contributed by atoms with Gasteiger partial charge in [-0.1, -0.05) is 36.2 Å². The summed E-state index contributed by atoms with van der Waals surface area (Å²) in [4.78, 5) is 45.1. The number of rotatable bonds is 7. The molecule has 1 atom stereocenters. The third kappa shape index (κ3) is 5.53. The second-order valence-electron chi connectivity index (χ2n) is 9.70. The van der Waals surface area contributed by atoms with Crippen molar-refractivity contribution in [1.82, 2.24) is 20.0 Å². The Kier molecular flexibility index (Phi) is 8.11. The van der Waals surface area contributed by atoms with Gasteiger partial charge in [0.05, 0.1) is 18.2 Å². The molecular weight excluding hydrogens is 444 g/mol. The van der Waals surface area contributed by atoms with Crippen LogP contribution in [0.3, 0.4) is 0 Å². The van der Waals surface area contributed by atoms with Crippen LogP contribution in [0.1, 0.15) is 56.7 Å². The first-order chi connectivity index (χ1) is 16.9. The third-order valence-corrected chi connectivity index (χ3v) is 7.35. The number of amides is 3. The zero-order chi connectivity index (χ0) is 24.9. The van der Waals surface area contributed by atoms with Crippen LogP contribution in [0.25, 0.3) is 0 Å². The van der Waals surface area contributed by atoms with Gasteiger partial charge in [-0.25, -0.2) is 9.59 Å². The maximum Gasteiger partial charge on any atom is 0.338 e. The first-order valence-electron chi connectivity index (χ1n) is 13.0. The van der Waals surface area contributed by atoms with Gasteiger partial charge < -0.3 is 15.0 Å². The molecule has 1 saturated heterocycles. The highest BCUT2D eigenvalue weighted by molar-refractivity contribution is 5.95. The van der Waals surface area contributed by atoms with E-state index in [9.17, 15) is 14.4 Å². The number of ether oxygens (including phenoxy) is 1. The Morgan fingerprint density at radius 3 is 2.54 bits per heavy atom. The molecule has 2 aliphatic heterocycles. The minimum Gasteiger partial charge on any atom is -0.463 e.